The highest BCUT2D eigenvalue weighted by Crippen LogP contribution is 2.13. The van der Waals surface area contributed by atoms with E-state index in [2.05, 4.69) is 0 Å². The number of benzene rings is 1. The molecule has 0 unspecified atom stereocenters. The van der Waals surface area contributed by atoms with Crippen LogP contribution in [-0.4, -0.2) is 27.6 Å². The van der Waals surface area contributed by atoms with Crippen molar-refractivity contribution in [1.29, 1.82) is 0 Å². The Morgan fingerprint density at radius 3 is 2.50 bits per heavy atom. The quantitative estimate of drug-likeness (QED) is 0.302. The van der Waals surface area contributed by atoms with Crippen molar-refractivity contribution < 1.29 is 22.1 Å². The molecule has 122 valence electrons. The molecular formula is C16H22O5S. The van der Waals surface area contributed by atoms with Gasteiger partial charge in [0.25, 0.3) is 10.1 Å². The fourth-order valence-electron chi connectivity index (χ4n) is 1.68. The summed E-state index contributed by atoms with van der Waals surface area (Å²) in [6, 6.07) is 6.53. The number of allylic oxidation sites excluding steroid dienone is 1. The van der Waals surface area contributed by atoms with Crippen molar-refractivity contribution in [3.8, 4) is 0 Å². The summed E-state index contributed by atoms with van der Waals surface area (Å²) in [4.78, 5) is 11.2. The largest absolute Gasteiger partial charge is 0.463 e. The molecule has 0 aliphatic rings. The van der Waals surface area contributed by atoms with Gasteiger partial charge in [0, 0.05) is 6.08 Å². The van der Waals surface area contributed by atoms with E-state index < -0.39 is 10.1 Å². The number of aryl methyl sites for hydroxylation is 1. The van der Waals surface area contributed by atoms with Gasteiger partial charge in [-0.3, -0.25) is 4.18 Å². The second-order valence-electron chi connectivity index (χ2n) is 4.74. The van der Waals surface area contributed by atoms with E-state index in [4.69, 9.17) is 8.92 Å². The molecule has 1 rings (SSSR count). The third-order valence-electron chi connectivity index (χ3n) is 2.85. The van der Waals surface area contributed by atoms with Gasteiger partial charge in [-0.15, -0.1) is 0 Å². The Morgan fingerprint density at radius 1 is 1.18 bits per heavy atom. The van der Waals surface area contributed by atoms with Crippen LogP contribution in [0, 0.1) is 6.92 Å². The highest BCUT2D eigenvalue weighted by atomic mass is 32.2. The molecule has 1 aromatic rings. The van der Waals surface area contributed by atoms with Crippen LogP contribution in [0.15, 0.2) is 41.3 Å². The molecule has 6 heteroatoms. The van der Waals surface area contributed by atoms with Crippen LogP contribution < -0.4 is 0 Å². The molecule has 0 saturated heterocycles. The molecule has 0 heterocycles. The van der Waals surface area contributed by atoms with Gasteiger partial charge >= 0.3 is 5.97 Å². The normalized spacial score (nSPS) is 11.7. The van der Waals surface area contributed by atoms with E-state index >= 15 is 0 Å². The number of carbonyl (C=O) groups excluding carboxylic acids is 1. The van der Waals surface area contributed by atoms with Gasteiger partial charge in [0.05, 0.1) is 18.1 Å². The average Bonchev–Trinajstić information content (AvgIpc) is 2.47. The minimum Gasteiger partial charge on any atom is -0.463 e. The van der Waals surface area contributed by atoms with Crippen molar-refractivity contribution in [2.24, 2.45) is 0 Å². The van der Waals surface area contributed by atoms with E-state index in [1.165, 1.54) is 18.2 Å². The molecule has 0 atom stereocenters. The summed E-state index contributed by atoms with van der Waals surface area (Å²) >= 11 is 0. The van der Waals surface area contributed by atoms with Crippen molar-refractivity contribution >= 4 is 16.1 Å². The lowest BCUT2D eigenvalue weighted by Gasteiger charge is -2.05. The first-order chi connectivity index (χ1) is 10.5. The Kier molecular flexibility index (Phi) is 7.84. The van der Waals surface area contributed by atoms with Gasteiger partial charge in [-0.2, -0.15) is 8.42 Å². The zero-order valence-electron chi connectivity index (χ0n) is 12.9. The van der Waals surface area contributed by atoms with Crippen LogP contribution in [0.25, 0.3) is 0 Å². The molecule has 0 aliphatic carbocycles. The maximum atomic E-state index is 11.9. The molecular weight excluding hydrogens is 304 g/mol. The van der Waals surface area contributed by atoms with Crippen LogP contribution in [0.2, 0.25) is 0 Å². The predicted octanol–water partition coefficient (Wildman–Crippen LogP) is 2.99. The molecule has 0 fully saturated rings. The molecule has 0 aromatic heterocycles. The van der Waals surface area contributed by atoms with Gasteiger partial charge in [0.15, 0.2) is 0 Å². The number of rotatable bonds is 9. The van der Waals surface area contributed by atoms with E-state index in [-0.39, 0.29) is 17.5 Å². The average molecular weight is 326 g/mol. The summed E-state index contributed by atoms with van der Waals surface area (Å²) in [5.74, 6) is -0.360. The zero-order chi connectivity index (χ0) is 16.4. The monoisotopic (exact) mass is 326 g/mol. The van der Waals surface area contributed by atoms with E-state index in [1.807, 2.05) is 6.92 Å². The first-order valence-corrected chi connectivity index (χ1v) is 8.66. The zero-order valence-corrected chi connectivity index (χ0v) is 13.8. The van der Waals surface area contributed by atoms with Crippen LogP contribution in [0.5, 0.6) is 0 Å². The highest BCUT2D eigenvalue weighted by molar-refractivity contribution is 7.86. The van der Waals surface area contributed by atoms with Crippen molar-refractivity contribution in [2.75, 3.05) is 13.2 Å². The molecule has 0 spiro atoms. The SMILES string of the molecule is CCOC(=O)C=CCCCCOS(=O)(=O)c1ccc(C)cc1. The number of hydrogen-bond donors (Lipinski definition) is 0. The van der Waals surface area contributed by atoms with Gasteiger partial charge in [-0.1, -0.05) is 23.8 Å². The van der Waals surface area contributed by atoms with Gasteiger partial charge in [0.1, 0.15) is 0 Å². The standard InChI is InChI=1S/C16H22O5S/c1-3-20-16(17)8-6-4-5-7-13-21-22(18,19)15-11-9-14(2)10-12-15/h6,8-12H,3-5,7,13H2,1-2H3. The maximum Gasteiger partial charge on any atom is 0.330 e. The first-order valence-electron chi connectivity index (χ1n) is 7.25. The van der Waals surface area contributed by atoms with Gasteiger partial charge in [0.2, 0.25) is 0 Å². The molecule has 5 nitrogen and oxygen atoms in total. The molecule has 0 radical (unpaired) electrons. The van der Waals surface area contributed by atoms with Crippen molar-refractivity contribution in [1.82, 2.24) is 0 Å². The number of hydrogen-bond acceptors (Lipinski definition) is 5. The summed E-state index contributed by atoms with van der Waals surface area (Å²) < 4.78 is 33.5. The Morgan fingerprint density at radius 2 is 1.86 bits per heavy atom. The highest BCUT2D eigenvalue weighted by Gasteiger charge is 2.13. The maximum absolute atomic E-state index is 11.9. The first kappa shape index (κ1) is 18.4. The fourth-order valence-corrected chi connectivity index (χ4v) is 2.62. The molecule has 22 heavy (non-hydrogen) atoms. The summed E-state index contributed by atoms with van der Waals surface area (Å²) in [7, 11) is -3.68. The minimum atomic E-state index is -3.68. The van der Waals surface area contributed by atoms with Crippen LogP contribution in [0.3, 0.4) is 0 Å². The molecule has 0 aliphatic heterocycles. The van der Waals surface area contributed by atoms with E-state index in [0.717, 1.165) is 12.0 Å². The topological polar surface area (TPSA) is 69.7 Å². The van der Waals surface area contributed by atoms with E-state index in [0.29, 0.717) is 19.4 Å². The minimum absolute atomic E-state index is 0.128. The van der Waals surface area contributed by atoms with Gasteiger partial charge in [-0.25, -0.2) is 4.79 Å². The predicted molar refractivity (Wildman–Crippen MR) is 83.9 cm³/mol. The molecule has 0 bridgehead atoms. The molecule has 1 aromatic carbocycles. The van der Waals surface area contributed by atoms with Crippen molar-refractivity contribution in [3.63, 3.8) is 0 Å². The van der Waals surface area contributed by atoms with Crippen molar-refractivity contribution in [2.45, 2.75) is 38.0 Å². The summed E-state index contributed by atoms with van der Waals surface area (Å²) in [5.41, 5.74) is 0.993. The second kappa shape index (κ2) is 9.38. The smallest absolute Gasteiger partial charge is 0.330 e. The van der Waals surface area contributed by atoms with Gasteiger partial charge < -0.3 is 4.74 Å². The second-order valence-corrected chi connectivity index (χ2v) is 6.35. The van der Waals surface area contributed by atoms with Crippen LogP contribution >= 0.6 is 0 Å². The lowest BCUT2D eigenvalue weighted by atomic mass is 10.2. The van der Waals surface area contributed by atoms with Crippen LogP contribution in [0.4, 0.5) is 0 Å². The number of ether oxygens (including phenoxy) is 1. The fraction of sp³-hybridized carbons (Fsp3) is 0.438. The summed E-state index contributed by atoms with van der Waals surface area (Å²) in [5, 5.41) is 0. The van der Waals surface area contributed by atoms with E-state index in [1.54, 1.807) is 25.1 Å². The van der Waals surface area contributed by atoms with Gasteiger partial charge in [-0.05, 0) is 45.2 Å². The number of carbonyl (C=O) groups is 1. The van der Waals surface area contributed by atoms with Crippen molar-refractivity contribution in [3.05, 3.63) is 42.0 Å². The Bertz CT molecular complexity index is 587. The third-order valence-corrected chi connectivity index (χ3v) is 4.18. The Labute approximate surface area is 132 Å². The number of esters is 1. The van der Waals surface area contributed by atoms with E-state index in [9.17, 15) is 13.2 Å². The molecule has 0 saturated carbocycles. The summed E-state index contributed by atoms with van der Waals surface area (Å²) in [6.07, 6.45) is 5.10. The van der Waals surface area contributed by atoms with Crippen LogP contribution in [-0.2, 0) is 23.8 Å². The molecule has 0 amide bonds. The third kappa shape index (κ3) is 6.87. The Balaban J connectivity index is 2.26. The van der Waals surface area contributed by atoms with Crippen LogP contribution in [0.1, 0.15) is 31.7 Å². The molecule has 0 N–H and O–H groups in total. The lowest BCUT2D eigenvalue weighted by molar-refractivity contribution is -0.137. The lowest BCUT2D eigenvalue weighted by Crippen LogP contribution is -2.07. The summed E-state index contributed by atoms with van der Waals surface area (Å²) in [6.45, 7) is 4.12. The number of unbranched alkanes of at least 4 members (excludes halogenated alkanes) is 2. The Hall–Kier alpha value is -1.66.